The molecule has 154 valence electrons. The summed E-state index contributed by atoms with van der Waals surface area (Å²) in [4.78, 5) is 32.7. The minimum Gasteiger partial charge on any atom is -0.385 e. The Kier molecular flexibility index (Phi) is 6.03. The second-order valence-corrected chi connectivity index (χ2v) is 7.28. The van der Waals surface area contributed by atoms with E-state index in [-0.39, 0.29) is 11.1 Å². The number of methoxy groups -OCH3 is 1. The monoisotopic (exact) mass is 398 g/mol. The summed E-state index contributed by atoms with van der Waals surface area (Å²) in [7, 11) is 1.64. The molecule has 0 saturated carbocycles. The Hall–Kier alpha value is -2.55. The number of aromatic nitrogens is 3. The molecule has 0 unspecified atom stereocenters. The van der Waals surface area contributed by atoms with Crippen LogP contribution in [0, 0.1) is 0 Å². The zero-order valence-electron chi connectivity index (χ0n) is 16.7. The van der Waals surface area contributed by atoms with Crippen LogP contribution in [0.2, 0.25) is 0 Å². The average Bonchev–Trinajstić information content (AvgIpc) is 2.75. The normalized spacial score (nSPS) is 15.3. The summed E-state index contributed by atoms with van der Waals surface area (Å²) in [6.45, 7) is 5.80. The summed E-state index contributed by atoms with van der Waals surface area (Å²) in [6, 6.07) is 5.37. The van der Waals surface area contributed by atoms with E-state index in [2.05, 4.69) is 9.88 Å². The molecule has 1 fully saturated rings. The van der Waals surface area contributed by atoms with Gasteiger partial charge in [0, 0.05) is 58.8 Å². The summed E-state index contributed by atoms with van der Waals surface area (Å²) in [5.41, 5.74) is 0.980. The van der Waals surface area contributed by atoms with E-state index in [1.54, 1.807) is 34.7 Å². The third-order valence-corrected chi connectivity index (χ3v) is 5.40. The zero-order chi connectivity index (χ0) is 20.2. The van der Waals surface area contributed by atoms with Gasteiger partial charge in [0.15, 0.2) is 0 Å². The lowest BCUT2D eigenvalue weighted by molar-refractivity contribution is 0.0363. The third-order valence-electron chi connectivity index (χ3n) is 5.40. The molecule has 0 aliphatic carbocycles. The molecule has 1 saturated heterocycles. The van der Waals surface area contributed by atoms with E-state index in [0.717, 1.165) is 39.3 Å². The maximum absolute atomic E-state index is 13.0. The number of pyridine rings is 3. The van der Waals surface area contributed by atoms with Gasteiger partial charge in [0.25, 0.3) is 11.1 Å². The number of ether oxygens (including phenoxy) is 2. The first-order valence-electron chi connectivity index (χ1n) is 10.00. The van der Waals surface area contributed by atoms with Crippen LogP contribution in [0.1, 0.15) is 6.42 Å². The summed E-state index contributed by atoms with van der Waals surface area (Å²) < 4.78 is 13.8. The highest BCUT2D eigenvalue weighted by atomic mass is 16.5. The van der Waals surface area contributed by atoms with Gasteiger partial charge in [-0.1, -0.05) is 0 Å². The Labute approximate surface area is 168 Å². The molecule has 1 aliphatic heterocycles. The summed E-state index contributed by atoms with van der Waals surface area (Å²) in [5, 5.41) is 0.953. The first kappa shape index (κ1) is 19.8. The van der Waals surface area contributed by atoms with Gasteiger partial charge in [0.1, 0.15) is 0 Å². The molecule has 4 heterocycles. The molecule has 29 heavy (non-hydrogen) atoms. The fourth-order valence-corrected chi connectivity index (χ4v) is 3.71. The molecule has 0 amide bonds. The number of nitrogens with zero attached hydrogens (tertiary/aromatic N) is 4. The van der Waals surface area contributed by atoms with Crippen LogP contribution < -0.4 is 11.1 Å². The van der Waals surface area contributed by atoms with Gasteiger partial charge in [0.05, 0.1) is 35.0 Å². The van der Waals surface area contributed by atoms with Gasteiger partial charge in [-0.15, -0.1) is 0 Å². The molecule has 0 spiro atoms. The van der Waals surface area contributed by atoms with Crippen LogP contribution >= 0.6 is 0 Å². The van der Waals surface area contributed by atoms with Gasteiger partial charge >= 0.3 is 0 Å². The van der Waals surface area contributed by atoms with Crippen molar-refractivity contribution in [1.29, 1.82) is 0 Å². The number of hydrogen-bond donors (Lipinski definition) is 0. The Morgan fingerprint density at radius 2 is 1.59 bits per heavy atom. The minimum absolute atomic E-state index is 0.112. The first-order chi connectivity index (χ1) is 14.2. The molecule has 0 N–H and O–H groups in total. The lowest BCUT2D eigenvalue weighted by Crippen LogP contribution is -2.39. The first-order valence-corrected chi connectivity index (χ1v) is 10.00. The molecule has 3 aromatic heterocycles. The number of aryl methyl sites for hydroxylation is 1. The van der Waals surface area contributed by atoms with Crippen molar-refractivity contribution in [1.82, 2.24) is 19.0 Å². The van der Waals surface area contributed by atoms with Crippen molar-refractivity contribution in [3.05, 3.63) is 51.3 Å². The lowest BCUT2D eigenvalue weighted by atomic mass is 10.2. The largest absolute Gasteiger partial charge is 0.385 e. The van der Waals surface area contributed by atoms with Crippen LogP contribution in [-0.4, -0.2) is 65.6 Å². The minimum atomic E-state index is -0.129. The fourth-order valence-electron chi connectivity index (χ4n) is 3.71. The topological polar surface area (TPSA) is 78.6 Å². The second kappa shape index (κ2) is 8.86. The summed E-state index contributed by atoms with van der Waals surface area (Å²) >= 11 is 0. The van der Waals surface area contributed by atoms with Gasteiger partial charge in [0.2, 0.25) is 0 Å². The Morgan fingerprint density at radius 3 is 2.21 bits per heavy atom. The Morgan fingerprint density at radius 1 is 0.966 bits per heavy atom. The van der Waals surface area contributed by atoms with Gasteiger partial charge in [-0.2, -0.15) is 0 Å². The number of hydrogen-bond acceptors (Lipinski definition) is 6. The molecule has 0 aromatic carbocycles. The van der Waals surface area contributed by atoms with Crippen LogP contribution in [0.5, 0.6) is 0 Å². The smallest absolute Gasteiger partial charge is 0.260 e. The van der Waals surface area contributed by atoms with E-state index < -0.39 is 0 Å². The molecule has 0 bridgehead atoms. The lowest BCUT2D eigenvalue weighted by Gasteiger charge is -2.26. The molecule has 0 atom stereocenters. The molecule has 8 heteroatoms. The molecule has 4 rings (SSSR count). The van der Waals surface area contributed by atoms with Crippen LogP contribution in [0.4, 0.5) is 0 Å². The maximum atomic E-state index is 13.0. The quantitative estimate of drug-likeness (QED) is 0.438. The van der Waals surface area contributed by atoms with E-state index in [0.29, 0.717) is 41.5 Å². The highest BCUT2D eigenvalue weighted by Crippen LogP contribution is 2.14. The molecule has 3 aromatic rings. The van der Waals surface area contributed by atoms with E-state index in [1.807, 2.05) is 12.1 Å². The molecular weight excluding hydrogens is 372 g/mol. The van der Waals surface area contributed by atoms with Crippen molar-refractivity contribution >= 4 is 21.8 Å². The highest BCUT2D eigenvalue weighted by Gasteiger charge is 2.12. The van der Waals surface area contributed by atoms with Crippen molar-refractivity contribution in [2.45, 2.75) is 19.5 Å². The standard InChI is InChI=1S/C21H26N4O4/c1-28-12-2-5-24-6-3-18-16(20(24)26)15-17-19(22-18)4-7-25(21(17)27)9-8-23-10-13-29-14-11-23/h3-4,6-7,15H,2,5,8-14H2,1H3. The third kappa shape index (κ3) is 4.24. The van der Waals surface area contributed by atoms with Crippen LogP contribution in [0.25, 0.3) is 21.8 Å². The number of fused-ring (bicyclic) bond motifs is 2. The predicted octanol–water partition coefficient (Wildman–Crippen LogP) is 1.08. The van der Waals surface area contributed by atoms with Gasteiger partial charge < -0.3 is 18.6 Å². The Balaban J connectivity index is 1.66. The van der Waals surface area contributed by atoms with E-state index in [4.69, 9.17) is 9.47 Å². The van der Waals surface area contributed by atoms with E-state index in [9.17, 15) is 9.59 Å². The number of rotatable bonds is 7. The predicted molar refractivity (Wildman–Crippen MR) is 112 cm³/mol. The van der Waals surface area contributed by atoms with Gasteiger partial charge in [-0.3, -0.25) is 14.5 Å². The van der Waals surface area contributed by atoms with Crippen LogP contribution in [0.15, 0.2) is 40.2 Å². The summed E-state index contributed by atoms with van der Waals surface area (Å²) in [6.07, 6.45) is 4.29. The van der Waals surface area contributed by atoms with Crippen molar-refractivity contribution in [3.8, 4) is 0 Å². The SMILES string of the molecule is COCCCn1ccc2nc3ccn(CCN4CCOCC4)c(=O)c3cc2c1=O. The molecule has 8 nitrogen and oxygen atoms in total. The van der Waals surface area contributed by atoms with Crippen molar-refractivity contribution < 1.29 is 9.47 Å². The molecule has 0 radical (unpaired) electrons. The van der Waals surface area contributed by atoms with Crippen molar-refractivity contribution in [2.24, 2.45) is 0 Å². The van der Waals surface area contributed by atoms with E-state index >= 15 is 0 Å². The van der Waals surface area contributed by atoms with Crippen LogP contribution in [-0.2, 0) is 22.6 Å². The van der Waals surface area contributed by atoms with Crippen LogP contribution in [0.3, 0.4) is 0 Å². The molecule has 1 aliphatic rings. The maximum Gasteiger partial charge on any atom is 0.260 e. The van der Waals surface area contributed by atoms with E-state index in [1.165, 1.54) is 0 Å². The Bertz CT molecular complexity index is 1120. The van der Waals surface area contributed by atoms with Crippen molar-refractivity contribution in [2.75, 3.05) is 46.6 Å². The molecular formula is C21H26N4O4. The summed E-state index contributed by atoms with van der Waals surface area (Å²) in [5.74, 6) is 0. The zero-order valence-corrected chi connectivity index (χ0v) is 16.7. The van der Waals surface area contributed by atoms with Gasteiger partial charge in [-0.05, 0) is 24.6 Å². The second-order valence-electron chi connectivity index (χ2n) is 7.28. The fraction of sp³-hybridized carbons (Fsp3) is 0.476. The highest BCUT2D eigenvalue weighted by molar-refractivity contribution is 5.91. The van der Waals surface area contributed by atoms with Gasteiger partial charge in [-0.25, -0.2) is 4.98 Å². The van der Waals surface area contributed by atoms with Crippen molar-refractivity contribution in [3.63, 3.8) is 0 Å². The average molecular weight is 398 g/mol. The number of morpholine rings is 1.